The number of benzene rings is 1. The molecule has 1 amide bonds. The normalized spacial score (nSPS) is 11.8. The molecule has 9 heteroatoms. The molecule has 0 saturated heterocycles. The minimum atomic E-state index is -0.373. The van der Waals surface area contributed by atoms with E-state index in [9.17, 15) is 4.79 Å². The molecule has 3 aromatic rings. The Bertz CT molecular complexity index is 896. The minimum Gasteiger partial charge on any atom is -0.493 e. The van der Waals surface area contributed by atoms with Crippen molar-refractivity contribution in [1.29, 1.82) is 0 Å². The number of thiophene rings is 1. The van der Waals surface area contributed by atoms with Crippen LogP contribution in [-0.4, -0.2) is 35.6 Å². The molecule has 0 aliphatic carbocycles. The van der Waals surface area contributed by atoms with Crippen LogP contribution < -0.4 is 14.8 Å². The first-order valence-corrected chi connectivity index (χ1v) is 9.89. The van der Waals surface area contributed by atoms with Crippen LogP contribution in [0.4, 0.5) is 0 Å². The largest absolute Gasteiger partial charge is 0.493 e. The van der Waals surface area contributed by atoms with Gasteiger partial charge in [0.1, 0.15) is 0 Å². The van der Waals surface area contributed by atoms with Crippen LogP contribution in [0.15, 0.2) is 45.4 Å². The summed E-state index contributed by atoms with van der Waals surface area (Å²) < 4.78 is 16.1. The maximum absolute atomic E-state index is 12.4. The third-order valence-corrected chi connectivity index (χ3v) is 5.49. The van der Waals surface area contributed by atoms with E-state index in [1.807, 2.05) is 35.7 Å². The first kappa shape index (κ1) is 19.2. The first-order chi connectivity index (χ1) is 13.1. The van der Waals surface area contributed by atoms with Crippen LogP contribution in [0.2, 0.25) is 0 Å². The number of hydrogen-bond acceptors (Lipinski definition) is 8. The highest BCUT2D eigenvalue weighted by Crippen LogP contribution is 2.29. The van der Waals surface area contributed by atoms with Crippen molar-refractivity contribution in [2.24, 2.45) is 0 Å². The first-order valence-electron chi connectivity index (χ1n) is 8.13. The Morgan fingerprint density at radius 1 is 1.26 bits per heavy atom. The van der Waals surface area contributed by atoms with Crippen molar-refractivity contribution < 1.29 is 18.7 Å². The van der Waals surface area contributed by atoms with Crippen LogP contribution in [0.5, 0.6) is 11.5 Å². The van der Waals surface area contributed by atoms with E-state index in [0.717, 1.165) is 10.4 Å². The van der Waals surface area contributed by atoms with Crippen LogP contribution in [0.25, 0.3) is 10.8 Å². The number of thioether (sulfide) groups is 1. The monoisotopic (exact) mass is 405 g/mol. The summed E-state index contributed by atoms with van der Waals surface area (Å²) in [6.45, 7) is 2.18. The molecule has 0 spiro atoms. The molecular formula is C18H19N3O4S2. The van der Waals surface area contributed by atoms with E-state index in [1.54, 1.807) is 21.1 Å². The highest BCUT2D eigenvalue weighted by Gasteiger charge is 2.19. The lowest BCUT2D eigenvalue weighted by molar-refractivity contribution is -0.120. The Morgan fingerprint density at radius 3 is 2.78 bits per heavy atom. The SMILES string of the molecule is COc1ccc(CNC(=O)[C@@H](C)Sc2nnc(-c3cccs3)o2)cc1OC. The van der Waals surface area contributed by atoms with E-state index in [0.29, 0.717) is 29.2 Å². The molecule has 0 unspecified atom stereocenters. The number of nitrogens with zero attached hydrogens (tertiary/aromatic N) is 2. The fraction of sp³-hybridized carbons (Fsp3) is 0.278. The zero-order chi connectivity index (χ0) is 19.2. The molecule has 0 aliphatic rings. The number of ether oxygens (including phenoxy) is 2. The van der Waals surface area contributed by atoms with E-state index >= 15 is 0 Å². The number of carbonyl (C=O) groups excluding carboxylic acids is 1. The molecule has 0 bridgehead atoms. The molecule has 1 atom stereocenters. The predicted octanol–water partition coefficient (Wildman–Crippen LogP) is 3.61. The number of methoxy groups -OCH3 is 2. The average Bonchev–Trinajstić information content (AvgIpc) is 3.37. The fourth-order valence-electron chi connectivity index (χ4n) is 2.29. The van der Waals surface area contributed by atoms with Gasteiger partial charge in [-0.15, -0.1) is 21.5 Å². The van der Waals surface area contributed by atoms with E-state index in [1.165, 1.54) is 23.1 Å². The molecule has 7 nitrogen and oxygen atoms in total. The molecule has 142 valence electrons. The number of carbonyl (C=O) groups is 1. The van der Waals surface area contributed by atoms with Gasteiger partial charge >= 0.3 is 0 Å². The summed E-state index contributed by atoms with van der Waals surface area (Å²) >= 11 is 2.75. The van der Waals surface area contributed by atoms with Gasteiger partial charge in [-0.05, 0) is 36.1 Å². The van der Waals surface area contributed by atoms with Gasteiger partial charge in [-0.3, -0.25) is 4.79 Å². The summed E-state index contributed by atoms with van der Waals surface area (Å²) in [5, 5.41) is 12.8. The second kappa shape index (κ2) is 8.92. The van der Waals surface area contributed by atoms with Crippen molar-refractivity contribution in [1.82, 2.24) is 15.5 Å². The van der Waals surface area contributed by atoms with Gasteiger partial charge in [0.15, 0.2) is 11.5 Å². The Kier molecular flexibility index (Phi) is 6.36. The van der Waals surface area contributed by atoms with Crippen molar-refractivity contribution in [2.75, 3.05) is 14.2 Å². The molecule has 2 heterocycles. The van der Waals surface area contributed by atoms with E-state index < -0.39 is 0 Å². The van der Waals surface area contributed by atoms with E-state index in [-0.39, 0.29) is 11.2 Å². The van der Waals surface area contributed by atoms with Crippen LogP contribution in [0.1, 0.15) is 12.5 Å². The zero-order valence-electron chi connectivity index (χ0n) is 15.1. The smallest absolute Gasteiger partial charge is 0.277 e. The van der Waals surface area contributed by atoms with Crippen molar-refractivity contribution >= 4 is 29.0 Å². The summed E-state index contributed by atoms with van der Waals surface area (Å²) in [5.74, 6) is 1.61. The standard InChI is InChI=1S/C18H19N3O4S2/c1-11(27-18-21-20-17(25-18)15-5-4-8-26-15)16(22)19-10-12-6-7-13(23-2)14(9-12)24-3/h4-9,11H,10H2,1-3H3,(H,19,22)/t11-/m1/s1. The molecule has 0 fully saturated rings. The van der Waals surface area contributed by atoms with Gasteiger partial charge in [-0.25, -0.2) is 0 Å². The molecule has 27 heavy (non-hydrogen) atoms. The minimum absolute atomic E-state index is 0.120. The Morgan fingerprint density at radius 2 is 2.07 bits per heavy atom. The van der Waals surface area contributed by atoms with Crippen LogP contribution in [-0.2, 0) is 11.3 Å². The summed E-state index contributed by atoms with van der Waals surface area (Å²) in [7, 11) is 3.16. The predicted molar refractivity (Wildman–Crippen MR) is 104 cm³/mol. The van der Waals surface area contributed by atoms with Gasteiger partial charge in [0.2, 0.25) is 5.91 Å². The third kappa shape index (κ3) is 4.81. The van der Waals surface area contributed by atoms with Gasteiger partial charge in [-0.2, -0.15) is 0 Å². The number of nitrogens with one attached hydrogen (secondary N) is 1. The maximum atomic E-state index is 12.4. The Balaban J connectivity index is 1.55. The van der Waals surface area contributed by atoms with Gasteiger partial charge in [0.25, 0.3) is 11.1 Å². The van der Waals surface area contributed by atoms with Crippen molar-refractivity contribution in [3.63, 3.8) is 0 Å². The van der Waals surface area contributed by atoms with Gasteiger partial charge in [0.05, 0.1) is 24.3 Å². The molecule has 1 aromatic carbocycles. The van der Waals surface area contributed by atoms with Crippen molar-refractivity contribution in [3.8, 4) is 22.3 Å². The van der Waals surface area contributed by atoms with Crippen LogP contribution >= 0.6 is 23.1 Å². The molecule has 1 N–H and O–H groups in total. The Labute approximate surface area is 165 Å². The van der Waals surface area contributed by atoms with Gasteiger partial charge in [-0.1, -0.05) is 23.9 Å². The van der Waals surface area contributed by atoms with E-state index in [2.05, 4.69) is 15.5 Å². The molecular weight excluding hydrogens is 386 g/mol. The second-order valence-corrected chi connectivity index (χ2v) is 7.76. The molecule has 0 aliphatic heterocycles. The molecule has 0 saturated carbocycles. The van der Waals surface area contributed by atoms with Crippen LogP contribution in [0.3, 0.4) is 0 Å². The topological polar surface area (TPSA) is 86.5 Å². The van der Waals surface area contributed by atoms with E-state index in [4.69, 9.17) is 13.9 Å². The van der Waals surface area contributed by atoms with Gasteiger partial charge in [0, 0.05) is 6.54 Å². The lowest BCUT2D eigenvalue weighted by Crippen LogP contribution is -2.30. The summed E-state index contributed by atoms with van der Waals surface area (Å²) in [4.78, 5) is 13.3. The lowest BCUT2D eigenvalue weighted by atomic mass is 10.2. The molecule has 3 rings (SSSR count). The lowest BCUT2D eigenvalue weighted by Gasteiger charge is -2.12. The Hall–Kier alpha value is -2.52. The van der Waals surface area contributed by atoms with Crippen molar-refractivity contribution in [2.45, 2.75) is 23.9 Å². The molecule has 2 aromatic heterocycles. The molecule has 0 radical (unpaired) electrons. The highest BCUT2D eigenvalue weighted by molar-refractivity contribution is 8.00. The third-order valence-electron chi connectivity index (χ3n) is 3.70. The second-order valence-electron chi connectivity index (χ2n) is 5.52. The summed E-state index contributed by atoms with van der Waals surface area (Å²) in [5.41, 5.74) is 0.913. The van der Waals surface area contributed by atoms with Crippen LogP contribution in [0, 0.1) is 0 Å². The maximum Gasteiger partial charge on any atom is 0.277 e. The average molecular weight is 406 g/mol. The van der Waals surface area contributed by atoms with Gasteiger partial charge < -0.3 is 19.2 Å². The number of amides is 1. The van der Waals surface area contributed by atoms with Crippen molar-refractivity contribution in [3.05, 3.63) is 41.3 Å². The fourth-order valence-corrected chi connectivity index (χ4v) is 3.64. The number of hydrogen-bond donors (Lipinski definition) is 1. The highest BCUT2D eigenvalue weighted by atomic mass is 32.2. The summed E-state index contributed by atoms with van der Waals surface area (Å²) in [6.07, 6.45) is 0. The number of rotatable bonds is 8. The summed E-state index contributed by atoms with van der Waals surface area (Å²) in [6, 6.07) is 9.35. The number of aromatic nitrogens is 2. The zero-order valence-corrected chi connectivity index (χ0v) is 16.7. The quantitative estimate of drug-likeness (QED) is 0.573.